The van der Waals surface area contributed by atoms with Crippen LogP contribution in [0.25, 0.3) is 0 Å². The number of aromatic hydroxyl groups is 2. The Hall–Kier alpha value is -6.54. The average Bonchev–Trinajstić information content (AvgIpc) is 3.26. The van der Waals surface area contributed by atoms with Crippen LogP contribution in [-0.4, -0.2) is 29.4 Å². The van der Waals surface area contributed by atoms with E-state index in [2.05, 4.69) is 102 Å². The maximum Gasteiger partial charge on any atom is 0.519 e. The van der Waals surface area contributed by atoms with Crippen LogP contribution in [0.4, 0.5) is 4.79 Å². The van der Waals surface area contributed by atoms with Gasteiger partial charge in [0, 0.05) is 17.8 Å². The fourth-order valence-corrected chi connectivity index (χ4v) is 11.0. The zero-order valence-electron chi connectivity index (χ0n) is 39.8. The van der Waals surface area contributed by atoms with Gasteiger partial charge in [0.15, 0.2) is 0 Å². The van der Waals surface area contributed by atoms with E-state index in [0.717, 1.165) is 31.4 Å². The van der Waals surface area contributed by atoms with Crippen molar-refractivity contribution in [2.24, 2.45) is 22.7 Å². The molecular formula is C58H66O8. The maximum atomic E-state index is 11.3. The van der Waals surface area contributed by atoms with Gasteiger partial charge in [-0.1, -0.05) is 126 Å². The van der Waals surface area contributed by atoms with Crippen LogP contribution in [0.5, 0.6) is 34.5 Å². The largest absolute Gasteiger partial charge is 0.519 e. The van der Waals surface area contributed by atoms with Crippen LogP contribution in [0.15, 0.2) is 158 Å². The van der Waals surface area contributed by atoms with Crippen LogP contribution in [0.2, 0.25) is 0 Å². The molecule has 2 aliphatic carbocycles. The van der Waals surface area contributed by atoms with Gasteiger partial charge in [-0.25, -0.2) is 4.79 Å². The minimum Gasteiger partial charge on any atom is -0.508 e. The van der Waals surface area contributed by atoms with Crippen molar-refractivity contribution in [2.75, 3.05) is 7.11 Å². The lowest BCUT2D eigenvalue weighted by molar-refractivity contribution is -0.131. The lowest BCUT2D eigenvalue weighted by Gasteiger charge is -2.48. The van der Waals surface area contributed by atoms with Crippen LogP contribution in [0.1, 0.15) is 109 Å². The van der Waals surface area contributed by atoms with Gasteiger partial charge < -0.3 is 29.2 Å². The molecule has 8 rings (SSSR count). The van der Waals surface area contributed by atoms with E-state index in [0.29, 0.717) is 40.6 Å². The van der Waals surface area contributed by atoms with Crippen molar-refractivity contribution < 1.29 is 38.7 Å². The molecule has 6 aromatic carbocycles. The number of hydrogen-bond donors (Lipinski definition) is 2. The van der Waals surface area contributed by atoms with Gasteiger partial charge in [0.1, 0.15) is 34.5 Å². The van der Waals surface area contributed by atoms with Crippen molar-refractivity contribution in [2.45, 2.75) is 97.8 Å². The number of methoxy groups -OCH3 is 1. The molecule has 6 aromatic rings. The number of para-hydroxylation sites is 2. The van der Waals surface area contributed by atoms with Gasteiger partial charge in [0.05, 0.1) is 7.11 Å². The predicted octanol–water partition coefficient (Wildman–Crippen LogP) is 14.2. The van der Waals surface area contributed by atoms with E-state index in [1.165, 1.54) is 42.0 Å². The molecule has 2 aliphatic rings. The summed E-state index contributed by atoms with van der Waals surface area (Å²) < 4.78 is 20.5. The van der Waals surface area contributed by atoms with Gasteiger partial charge in [-0.15, -0.1) is 0 Å². The number of benzene rings is 6. The number of ether oxygens (including phenoxy) is 4. The fraction of sp³-hybridized carbons (Fsp3) is 0.345. The average molecular weight is 891 g/mol. The first kappa shape index (κ1) is 48.9. The van der Waals surface area contributed by atoms with Gasteiger partial charge in [0.25, 0.3) is 0 Å². The zero-order chi connectivity index (χ0) is 47.5. The predicted molar refractivity (Wildman–Crippen MR) is 262 cm³/mol. The minimum atomic E-state index is -0.739. The molecule has 0 spiro atoms. The zero-order valence-corrected chi connectivity index (χ0v) is 39.8. The Kier molecular flexibility index (Phi) is 15.7. The standard InChI is InChI=1S/C24H30O3.C21H26O2.C13H10O3/c1-17-14-23(3,4)16-24(15-17,19-6-10-21(26-5)11-7-19)20-8-12-22(13-9-20)27-18(2)25;1-15-12-20(2,3)14-21(13-15,16-4-8-18(22)9-5-16)17-6-10-19(23)11-7-17;14-13(15-11-7-3-1-4-8-11)16-12-9-5-2-6-10-12/h6-13,17H,14-16H2,1-5H3;4-11,15,22-23H,12-14H2,1-3H3;1-10H. The third-order valence-electron chi connectivity index (χ3n) is 12.8. The molecule has 0 radical (unpaired) electrons. The van der Waals surface area contributed by atoms with Gasteiger partial charge in [0.2, 0.25) is 0 Å². The molecule has 2 fully saturated rings. The molecule has 2 N–H and O–H groups in total. The molecule has 8 heteroatoms. The van der Waals surface area contributed by atoms with Crippen molar-refractivity contribution in [3.8, 4) is 34.5 Å². The summed E-state index contributed by atoms with van der Waals surface area (Å²) in [6.07, 6.45) is 6.07. The first-order valence-corrected chi connectivity index (χ1v) is 22.9. The van der Waals surface area contributed by atoms with Crippen molar-refractivity contribution in [3.05, 3.63) is 180 Å². The first-order valence-electron chi connectivity index (χ1n) is 22.9. The molecule has 0 aromatic heterocycles. The van der Waals surface area contributed by atoms with Crippen LogP contribution in [-0.2, 0) is 15.6 Å². The number of rotatable bonds is 8. The number of phenolic OH excluding ortho intramolecular Hbond substituents is 2. The highest BCUT2D eigenvalue weighted by molar-refractivity contribution is 5.69. The van der Waals surface area contributed by atoms with E-state index in [4.69, 9.17) is 18.9 Å². The summed E-state index contributed by atoms with van der Waals surface area (Å²) in [5.41, 5.74) is 5.50. The van der Waals surface area contributed by atoms with Crippen molar-refractivity contribution >= 4 is 12.1 Å². The summed E-state index contributed by atoms with van der Waals surface area (Å²) >= 11 is 0. The van der Waals surface area contributed by atoms with E-state index >= 15 is 0 Å². The van der Waals surface area contributed by atoms with Crippen LogP contribution in [0, 0.1) is 22.7 Å². The first-order chi connectivity index (χ1) is 31.4. The summed E-state index contributed by atoms with van der Waals surface area (Å²) in [4.78, 5) is 22.6. The molecule has 0 heterocycles. The molecule has 0 amide bonds. The van der Waals surface area contributed by atoms with Crippen LogP contribution in [0.3, 0.4) is 0 Å². The van der Waals surface area contributed by atoms with Gasteiger partial charge >= 0.3 is 12.1 Å². The normalized spacial score (nSPS) is 20.1. The van der Waals surface area contributed by atoms with E-state index < -0.39 is 6.16 Å². The summed E-state index contributed by atoms with van der Waals surface area (Å²) in [5, 5.41) is 19.3. The Labute approximate surface area is 391 Å². The molecule has 346 valence electrons. The Morgan fingerprint density at radius 2 is 0.773 bits per heavy atom. The third-order valence-corrected chi connectivity index (χ3v) is 12.8. The van der Waals surface area contributed by atoms with Crippen molar-refractivity contribution in [1.82, 2.24) is 0 Å². The van der Waals surface area contributed by atoms with Gasteiger partial charge in [-0.3, -0.25) is 4.79 Å². The molecule has 3 atom stereocenters. The smallest absolute Gasteiger partial charge is 0.508 e. The number of esters is 1. The maximum absolute atomic E-state index is 11.3. The lowest BCUT2D eigenvalue weighted by atomic mass is 9.55. The third kappa shape index (κ3) is 12.8. The second-order valence-corrected chi connectivity index (χ2v) is 19.9. The molecule has 8 nitrogen and oxygen atoms in total. The second kappa shape index (κ2) is 21.2. The van der Waals surface area contributed by atoms with Gasteiger partial charge in [-0.2, -0.15) is 0 Å². The molecule has 2 saturated carbocycles. The fourth-order valence-electron chi connectivity index (χ4n) is 11.0. The van der Waals surface area contributed by atoms with Gasteiger partial charge in [-0.05, 0) is 156 Å². The topological polar surface area (TPSA) is 112 Å². The molecule has 66 heavy (non-hydrogen) atoms. The molecule has 0 bridgehead atoms. The Morgan fingerprint density at radius 1 is 0.455 bits per heavy atom. The summed E-state index contributed by atoms with van der Waals surface area (Å²) in [6, 6.07) is 49.5. The monoisotopic (exact) mass is 890 g/mol. The second-order valence-electron chi connectivity index (χ2n) is 19.9. The summed E-state index contributed by atoms with van der Waals surface area (Å²) in [7, 11) is 1.70. The van der Waals surface area contributed by atoms with Crippen molar-refractivity contribution in [1.29, 1.82) is 0 Å². The Morgan fingerprint density at radius 3 is 1.09 bits per heavy atom. The SMILES string of the molecule is CC1CC(C)(C)CC(c2ccc(O)cc2)(c2ccc(O)cc2)C1.COc1ccc(C2(c3ccc(OC(C)=O)cc3)CC(C)CC(C)(C)C2)cc1.O=C(Oc1ccccc1)Oc1ccccc1. The number of phenols is 2. The minimum absolute atomic E-state index is 0.0534. The van der Waals surface area contributed by atoms with E-state index in [1.807, 2.05) is 24.3 Å². The molecule has 3 unspecified atom stereocenters. The quantitative estimate of drug-likeness (QED) is 0.0883. The molecule has 0 saturated heterocycles. The van der Waals surface area contributed by atoms with E-state index in [-0.39, 0.29) is 27.6 Å². The highest BCUT2D eigenvalue weighted by atomic mass is 16.7. The lowest BCUT2D eigenvalue weighted by Crippen LogP contribution is -2.41. The van der Waals surface area contributed by atoms with E-state index in [9.17, 15) is 19.8 Å². The van der Waals surface area contributed by atoms with Crippen LogP contribution >= 0.6 is 0 Å². The highest BCUT2D eigenvalue weighted by Crippen LogP contribution is 2.55. The highest BCUT2D eigenvalue weighted by Gasteiger charge is 2.46. The number of carbonyl (C=O) groups is 2. The Bertz CT molecular complexity index is 2370. The number of carbonyl (C=O) groups excluding carboxylic acids is 2. The van der Waals surface area contributed by atoms with Crippen molar-refractivity contribution in [3.63, 3.8) is 0 Å². The van der Waals surface area contributed by atoms with E-state index in [1.54, 1.807) is 79.9 Å². The summed E-state index contributed by atoms with van der Waals surface area (Å²) in [6.45, 7) is 15.5. The Balaban J connectivity index is 0.000000169. The molecular weight excluding hydrogens is 825 g/mol. The molecule has 0 aliphatic heterocycles. The number of hydrogen-bond acceptors (Lipinski definition) is 8. The summed E-state index contributed by atoms with van der Waals surface area (Å²) in [5.74, 6) is 3.97. The van der Waals surface area contributed by atoms with Crippen LogP contribution < -0.4 is 18.9 Å².